The number of hydrogen-bond acceptors (Lipinski definition) is 7. The van der Waals surface area contributed by atoms with Crippen LogP contribution in [0, 0.1) is 0 Å². The Morgan fingerprint density at radius 3 is 2.66 bits per heavy atom. The van der Waals surface area contributed by atoms with Crippen molar-refractivity contribution in [2.75, 3.05) is 6.54 Å². The van der Waals surface area contributed by atoms with Crippen molar-refractivity contribution >= 4 is 44.3 Å². The van der Waals surface area contributed by atoms with Crippen molar-refractivity contribution in [1.29, 1.82) is 0 Å². The summed E-state index contributed by atoms with van der Waals surface area (Å²) in [7, 11) is 0. The van der Waals surface area contributed by atoms with E-state index in [2.05, 4.69) is 35.9 Å². The fraction of sp³-hybridized carbons (Fsp3) is 0.160. The van der Waals surface area contributed by atoms with Crippen LogP contribution in [0.15, 0.2) is 87.3 Å². The maximum atomic E-state index is 11.8. The number of hydrogen-bond donors (Lipinski definition) is 2. The summed E-state index contributed by atoms with van der Waals surface area (Å²) in [6.07, 6.45) is 6.43. The molecule has 0 fully saturated rings. The van der Waals surface area contributed by atoms with Crippen LogP contribution in [-0.2, 0) is 9.59 Å². The predicted octanol–water partition coefficient (Wildman–Crippen LogP) is 2.76. The van der Waals surface area contributed by atoms with Gasteiger partial charge in [-0.15, -0.1) is 0 Å². The molecule has 1 aromatic heterocycles. The van der Waals surface area contributed by atoms with Gasteiger partial charge in [-0.25, -0.2) is 0 Å². The zero-order chi connectivity index (χ0) is 24.5. The molecule has 1 aliphatic carbocycles. The van der Waals surface area contributed by atoms with Crippen LogP contribution in [0.2, 0.25) is 5.32 Å². The molecule has 2 aromatic carbocycles. The number of nitrogens with one attached hydrogen (secondary N) is 2. The van der Waals surface area contributed by atoms with E-state index in [9.17, 15) is 9.59 Å². The molecule has 4 rings (SSSR count). The summed E-state index contributed by atoms with van der Waals surface area (Å²) in [5.41, 5.74) is 3.42. The minimum absolute atomic E-state index is 0.0421. The zero-order valence-electron chi connectivity index (χ0n) is 19.0. The molecule has 1 heterocycles. The van der Waals surface area contributed by atoms with Crippen LogP contribution in [0.25, 0.3) is 0 Å². The number of ketones is 1. The van der Waals surface area contributed by atoms with E-state index in [1.165, 1.54) is 13.0 Å². The number of aromatic nitrogens is 4. The Hall–Kier alpha value is -3.85. The number of tetrazole rings is 1. The third-order valence-corrected chi connectivity index (χ3v) is 7.12. The Bertz CT molecular complexity index is 1280. The third-order valence-electron chi connectivity index (χ3n) is 4.93. The van der Waals surface area contributed by atoms with Gasteiger partial charge in [0, 0.05) is 0 Å². The molecule has 0 saturated carbocycles. The Morgan fingerprint density at radius 1 is 1.14 bits per heavy atom. The van der Waals surface area contributed by atoms with Crippen LogP contribution >= 0.6 is 0 Å². The molecule has 176 valence electrons. The number of rotatable bonds is 9. The molecular weight excluding hydrogens is 509 g/mol. The van der Waals surface area contributed by atoms with Crippen molar-refractivity contribution < 1.29 is 9.59 Å². The van der Waals surface area contributed by atoms with E-state index in [1.807, 2.05) is 60.8 Å². The molecule has 1 unspecified atom stereocenters. The molecule has 1 amide bonds. The molecule has 3 aromatic rings. The van der Waals surface area contributed by atoms with Gasteiger partial charge in [0.1, 0.15) is 0 Å². The Balaban J connectivity index is 1.40. The molecule has 1 atom stereocenters. The van der Waals surface area contributed by atoms with Crippen molar-refractivity contribution in [2.24, 2.45) is 9.98 Å². The van der Waals surface area contributed by atoms with E-state index in [1.54, 1.807) is 12.2 Å². The fourth-order valence-electron chi connectivity index (χ4n) is 3.33. The molecule has 0 aliphatic heterocycles. The number of carbonyl (C=O) groups is 2. The molecule has 2 N–H and O–H groups in total. The second-order valence-corrected chi connectivity index (χ2v) is 9.91. The predicted molar refractivity (Wildman–Crippen MR) is 135 cm³/mol. The summed E-state index contributed by atoms with van der Waals surface area (Å²) in [6, 6.07) is 17.5. The van der Waals surface area contributed by atoms with E-state index >= 15 is 0 Å². The van der Waals surface area contributed by atoms with Gasteiger partial charge < -0.3 is 0 Å². The van der Waals surface area contributed by atoms with Crippen LogP contribution in [0.1, 0.15) is 29.9 Å². The first-order valence-electron chi connectivity index (χ1n) is 10.9. The molecule has 0 saturated heterocycles. The second-order valence-electron chi connectivity index (χ2n) is 7.53. The monoisotopic (exact) mass is 533 g/mol. The van der Waals surface area contributed by atoms with Crippen LogP contribution in [-0.4, -0.2) is 65.7 Å². The molecule has 0 spiro atoms. The number of nitrogens with zero attached hydrogens (tertiary/aromatic N) is 5. The van der Waals surface area contributed by atoms with E-state index in [4.69, 9.17) is 0 Å². The molecule has 0 radical (unpaired) electrons. The van der Waals surface area contributed by atoms with E-state index in [0.717, 1.165) is 26.6 Å². The van der Waals surface area contributed by atoms with E-state index in [0.29, 0.717) is 18.1 Å². The molecular formula is C25H23N7O2Se. The number of benzene rings is 2. The number of amides is 1. The van der Waals surface area contributed by atoms with Gasteiger partial charge in [-0.1, -0.05) is 18.2 Å². The average molecular weight is 532 g/mol. The third kappa shape index (κ3) is 7.07. The van der Waals surface area contributed by atoms with Crippen molar-refractivity contribution in [3.8, 4) is 0 Å². The van der Waals surface area contributed by atoms with E-state index < -0.39 is 0 Å². The Morgan fingerprint density at radius 2 is 1.94 bits per heavy atom. The molecule has 9 nitrogen and oxygen atoms in total. The Kier molecular flexibility index (Phi) is 8.34. The zero-order valence-corrected chi connectivity index (χ0v) is 20.7. The van der Waals surface area contributed by atoms with E-state index in [-0.39, 0.29) is 32.7 Å². The molecule has 0 bridgehead atoms. The second kappa shape index (κ2) is 12.0. The van der Waals surface area contributed by atoms with Gasteiger partial charge in [0.15, 0.2) is 0 Å². The average Bonchev–Trinajstić information content (AvgIpc) is 3.40. The van der Waals surface area contributed by atoms with Gasteiger partial charge in [-0.05, 0) is 0 Å². The summed E-state index contributed by atoms with van der Waals surface area (Å²) >= 11 is -0.0421. The Labute approximate surface area is 208 Å². The summed E-state index contributed by atoms with van der Waals surface area (Å²) in [4.78, 5) is 31.8. The van der Waals surface area contributed by atoms with Crippen molar-refractivity contribution in [1.82, 2.24) is 25.9 Å². The first-order chi connectivity index (χ1) is 17.1. The van der Waals surface area contributed by atoms with Crippen LogP contribution in [0.5, 0.6) is 0 Å². The van der Waals surface area contributed by atoms with Crippen molar-refractivity contribution in [2.45, 2.75) is 18.3 Å². The molecule has 1 aliphatic rings. The van der Waals surface area contributed by atoms with Gasteiger partial charge in [0.25, 0.3) is 0 Å². The number of aliphatic imine (C=N–C) groups is 2. The van der Waals surface area contributed by atoms with Gasteiger partial charge in [0.05, 0.1) is 0 Å². The summed E-state index contributed by atoms with van der Waals surface area (Å²) in [6.45, 7) is 2.05. The SMILES string of the molecule is CC(=O)N=C1C=CC(=O)C=C1[Se]CCNC(c1ccc(N=Cc2ccccc2)cc1)c1nn[nH]n1. The summed E-state index contributed by atoms with van der Waals surface area (Å²) in [5, 5.41) is 18.8. The van der Waals surface area contributed by atoms with Gasteiger partial charge >= 0.3 is 191 Å². The first kappa shape index (κ1) is 24.3. The van der Waals surface area contributed by atoms with Gasteiger partial charge in [0.2, 0.25) is 0 Å². The first-order valence-corrected chi connectivity index (χ1v) is 13.0. The molecule has 10 heteroatoms. The van der Waals surface area contributed by atoms with Gasteiger partial charge in [-0.3, -0.25) is 0 Å². The number of allylic oxidation sites excluding steroid dienone is 4. The molecule has 35 heavy (non-hydrogen) atoms. The van der Waals surface area contributed by atoms with Gasteiger partial charge in [-0.2, -0.15) is 0 Å². The van der Waals surface area contributed by atoms with Crippen LogP contribution in [0.4, 0.5) is 5.69 Å². The number of H-pyrrole nitrogens is 1. The standard InChI is InChI=1S/C25H23N7O2Se/c1-17(33)28-22-12-11-21(34)15-23(22)35-14-13-26-24(25-29-31-32-30-25)19-7-9-20(10-8-19)27-16-18-5-3-2-4-6-18/h2-12,15-16,24,26H,13-14H2,1H3,(H,29,30,31,32). The minimum atomic E-state index is -0.285. The van der Waals surface area contributed by atoms with Crippen LogP contribution < -0.4 is 5.32 Å². The van der Waals surface area contributed by atoms with Crippen LogP contribution in [0.3, 0.4) is 0 Å². The van der Waals surface area contributed by atoms with Crippen molar-refractivity contribution in [3.05, 3.63) is 94.2 Å². The summed E-state index contributed by atoms with van der Waals surface area (Å²) < 4.78 is 0.818. The van der Waals surface area contributed by atoms with Crippen molar-refractivity contribution in [3.63, 3.8) is 0 Å². The topological polar surface area (TPSA) is 125 Å². The number of aromatic amines is 1. The quantitative estimate of drug-likeness (QED) is 0.189. The number of carbonyl (C=O) groups excluding carboxylic acids is 2. The fourth-order valence-corrected chi connectivity index (χ4v) is 5.22. The normalized spacial score (nSPS) is 15.5. The summed E-state index contributed by atoms with van der Waals surface area (Å²) in [5.74, 6) is 0.163. The maximum absolute atomic E-state index is 11.8.